The lowest BCUT2D eigenvalue weighted by Crippen LogP contribution is -2.41. The smallest absolute Gasteiger partial charge is 0.144 e. The number of nitrogens with one attached hydrogen (secondary N) is 2. The van der Waals surface area contributed by atoms with Crippen molar-refractivity contribution in [2.24, 2.45) is 11.7 Å². The lowest BCUT2D eigenvalue weighted by Gasteiger charge is -2.31. The largest absolute Gasteiger partial charge is 0.386 e. The van der Waals surface area contributed by atoms with E-state index in [9.17, 15) is 4.39 Å². The minimum atomic E-state index is -0.294. The molecule has 9 heteroatoms. The number of nitrogens with two attached hydrogens (primary N) is 1. The number of piperidine rings is 1. The first-order valence-corrected chi connectivity index (χ1v) is 12.0. The fraction of sp³-hybridized carbons (Fsp3) is 0.308. The zero-order valence-corrected chi connectivity index (χ0v) is 19.3. The second kappa shape index (κ2) is 7.58. The molecule has 2 bridgehead atoms. The second-order valence-corrected chi connectivity index (χ2v) is 9.70. The molecule has 1 aromatic carbocycles. The molecule has 5 aromatic rings. The Morgan fingerprint density at radius 2 is 2.09 bits per heavy atom. The van der Waals surface area contributed by atoms with Crippen LogP contribution >= 0.6 is 0 Å². The zero-order valence-electron chi connectivity index (χ0n) is 19.3. The molecule has 1 aliphatic heterocycles. The van der Waals surface area contributed by atoms with Crippen molar-refractivity contribution in [1.29, 1.82) is 0 Å². The van der Waals surface area contributed by atoms with E-state index < -0.39 is 0 Å². The third-order valence-corrected chi connectivity index (χ3v) is 7.56. The Balaban J connectivity index is 1.40. The van der Waals surface area contributed by atoms with Crippen molar-refractivity contribution in [2.75, 3.05) is 23.8 Å². The van der Waals surface area contributed by atoms with Gasteiger partial charge in [0.25, 0.3) is 0 Å². The van der Waals surface area contributed by atoms with Crippen molar-refractivity contribution in [3.8, 4) is 0 Å². The maximum Gasteiger partial charge on any atom is 0.144 e. The normalized spacial score (nSPS) is 21.6. The van der Waals surface area contributed by atoms with Crippen LogP contribution in [0.2, 0.25) is 0 Å². The predicted molar refractivity (Wildman–Crippen MR) is 135 cm³/mol. The van der Waals surface area contributed by atoms with E-state index in [-0.39, 0.29) is 11.9 Å². The Hall–Kier alpha value is -3.85. The number of halogens is 1. The molecule has 2 aliphatic rings. The van der Waals surface area contributed by atoms with E-state index in [1.807, 2.05) is 24.4 Å². The summed E-state index contributed by atoms with van der Waals surface area (Å²) in [4.78, 5) is 24.7. The number of pyridine rings is 2. The minimum Gasteiger partial charge on any atom is -0.386 e. The van der Waals surface area contributed by atoms with Gasteiger partial charge in [-0.1, -0.05) is 0 Å². The number of H-pyrrole nitrogens is 1. The van der Waals surface area contributed by atoms with Crippen LogP contribution < -0.4 is 16.0 Å². The van der Waals surface area contributed by atoms with E-state index in [0.717, 1.165) is 58.1 Å². The number of fused-ring (bicyclic) bond motifs is 6. The number of aromatic nitrogens is 5. The van der Waals surface area contributed by atoms with Crippen LogP contribution in [0.4, 0.5) is 15.9 Å². The number of hydrogen-bond donors (Lipinski definition) is 3. The first-order valence-electron chi connectivity index (χ1n) is 12.0. The van der Waals surface area contributed by atoms with Crippen molar-refractivity contribution in [3.63, 3.8) is 0 Å². The highest BCUT2D eigenvalue weighted by molar-refractivity contribution is 6.14. The van der Waals surface area contributed by atoms with Gasteiger partial charge in [-0.05, 0) is 54.7 Å². The number of nitrogens with zero attached hydrogens (tertiary/aromatic N) is 5. The number of aromatic amines is 1. The molecule has 1 saturated carbocycles. The molecule has 3 atom stereocenters. The number of anilines is 2. The number of rotatable bonds is 4. The zero-order chi connectivity index (χ0) is 23.7. The molecule has 2 unspecified atom stereocenters. The van der Waals surface area contributed by atoms with Gasteiger partial charge in [-0.3, -0.25) is 9.97 Å². The Morgan fingerprint density at radius 3 is 2.89 bits per heavy atom. The summed E-state index contributed by atoms with van der Waals surface area (Å²) in [5.41, 5.74) is 11.3. The van der Waals surface area contributed by atoms with Gasteiger partial charge >= 0.3 is 0 Å². The van der Waals surface area contributed by atoms with Crippen LogP contribution in [0.1, 0.15) is 24.2 Å². The van der Waals surface area contributed by atoms with Crippen LogP contribution in [-0.4, -0.2) is 50.6 Å². The molecule has 0 spiro atoms. The van der Waals surface area contributed by atoms with E-state index >= 15 is 0 Å². The summed E-state index contributed by atoms with van der Waals surface area (Å²) >= 11 is 0. The van der Waals surface area contributed by atoms with Gasteiger partial charge in [0.1, 0.15) is 23.1 Å². The molecule has 35 heavy (non-hydrogen) atoms. The maximum atomic E-state index is 14.6. The quantitative estimate of drug-likeness (QED) is 0.369. The fourth-order valence-corrected chi connectivity index (χ4v) is 5.90. The van der Waals surface area contributed by atoms with Crippen molar-refractivity contribution < 1.29 is 4.39 Å². The van der Waals surface area contributed by atoms with E-state index in [0.29, 0.717) is 35.5 Å². The Labute approximate surface area is 200 Å². The highest BCUT2D eigenvalue weighted by Gasteiger charge is 2.44. The van der Waals surface area contributed by atoms with Gasteiger partial charge in [0, 0.05) is 49.9 Å². The molecular weight excluding hydrogens is 443 g/mol. The SMILES string of the molecule is CNc1cc(F)cc2c1[nH]c1nc(Cc3cnc4cccnc4c3)nc(N3CC4CC3C[C@@H]4N)c12. The van der Waals surface area contributed by atoms with E-state index in [1.165, 1.54) is 6.07 Å². The van der Waals surface area contributed by atoms with Crippen LogP contribution in [0.15, 0.2) is 42.7 Å². The average molecular weight is 469 g/mol. The first kappa shape index (κ1) is 20.5. The van der Waals surface area contributed by atoms with Gasteiger partial charge in [0.05, 0.1) is 27.6 Å². The summed E-state index contributed by atoms with van der Waals surface area (Å²) in [6.45, 7) is 0.861. The van der Waals surface area contributed by atoms with Gasteiger partial charge in [-0.15, -0.1) is 0 Å². The molecule has 4 aromatic heterocycles. The monoisotopic (exact) mass is 468 g/mol. The lowest BCUT2D eigenvalue weighted by molar-refractivity contribution is 0.471. The van der Waals surface area contributed by atoms with Crippen LogP contribution in [0.3, 0.4) is 0 Å². The predicted octanol–water partition coefficient (Wildman–Crippen LogP) is 3.75. The van der Waals surface area contributed by atoms with Gasteiger partial charge in [0.2, 0.25) is 0 Å². The van der Waals surface area contributed by atoms with Crippen LogP contribution in [0.25, 0.3) is 33.0 Å². The van der Waals surface area contributed by atoms with Crippen LogP contribution in [0, 0.1) is 11.7 Å². The topological polar surface area (TPSA) is 109 Å². The average Bonchev–Trinajstić information content (AvgIpc) is 3.55. The number of benzene rings is 1. The Kier molecular flexibility index (Phi) is 4.44. The molecule has 2 fully saturated rings. The van der Waals surface area contributed by atoms with E-state index in [2.05, 4.69) is 25.2 Å². The molecule has 4 N–H and O–H groups in total. The lowest BCUT2D eigenvalue weighted by atomic mass is 10.0. The van der Waals surface area contributed by atoms with E-state index in [1.54, 1.807) is 19.3 Å². The molecule has 7 rings (SSSR count). The summed E-state index contributed by atoms with van der Waals surface area (Å²) in [7, 11) is 1.79. The molecule has 0 amide bonds. The molecule has 176 valence electrons. The van der Waals surface area contributed by atoms with E-state index in [4.69, 9.17) is 15.7 Å². The van der Waals surface area contributed by atoms with Crippen LogP contribution in [0.5, 0.6) is 0 Å². The highest BCUT2D eigenvalue weighted by Crippen LogP contribution is 2.43. The third-order valence-electron chi connectivity index (χ3n) is 7.56. The van der Waals surface area contributed by atoms with Gasteiger partial charge in [-0.25, -0.2) is 14.4 Å². The summed E-state index contributed by atoms with van der Waals surface area (Å²) < 4.78 is 14.6. The molecule has 8 nitrogen and oxygen atoms in total. The highest BCUT2D eigenvalue weighted by atomic mass is 19.1. The summed E-state index contributed by atoms with van der Waals surface area (Å²) in [5.74, 6) is 1.71. The Bertz CT molecular complexity index is 1610. The summed E-state index contributed by atoms with van der Waals surface area (Å²) in [5, 5.41) is 4.75. The molecule has 1 saturated heterocycles. The summed E-state index contributed by atoms with van der Waals surface area (Å²) in [6.07, 6.45) is 6.16. The molecule has 1 aliphatic carbocycles. The maximum absolute atomic E-state index is 14.6. The molecule has 0 radical (unpaired) electrons. The van der Waals surface area contributed by atoms with Gasteiger partial charge < -0.3 is 20.9 Å². The molecular formula is C26H25FN8. The fourth-order valence-electron chi connectivity index (χ4n) is 5.90. The molecule has 5 heterocycles. The first-order chi connectivity index (χ1) is 17.1. The number of hydrogen-bond acceptors (Lipinski definition) is 7. The Morgan fingerprint density at radius 1 is 1.17 bits per heavy atom. The van der Waals surface area contributed by atoms with Gasteiger partial charge in [0.15, 0.2) is 0 Å². The standard InChI is InChI=1S/C26H25FN8/c1-29-21-9-15(27)8-17-23-25(34-24(17)21)32-22(6-13-5-20-19(31-11-13)3-2-4-30-20)33-26(23)35-12-14-7-16(35)10-18(14)28/h2-5,8-9,11,14,16,18,29H,6-7,10,12,28H2,1H3,(H,32,33,34)/t14?,16?,18-/m0/s1. The van der Waals surface area contributed by atoms with Crippen molar-refractivity contribution in [2.45, 2.75) is 31.3 Å². The van der Waals surface area contributed by atoms with Crippen molar-refractivity contribution >= 4 is 44.5 Å². The third kappa shape index (κ3) is 3.22. The minimum absolute atomic E-state index is 0.237. The summed E-state index contributed by atoms with van der Waals surface area (Å²) in [6, 6.07) is 9.51. The van der Waals surface area contributed by atoms with Gasteiger partial charge in [-0.2, -0.15) is 0 Å². The van der Waals surface area contributed by atoms with Crippen LogP contribution in [-0.2, 0) is 6.42 Å². The van der Waals surface area contributed by atoms with Crippen molar-refractivity contribution in [1.82, 2.24) is 24.9 Å². The second-order valence-electron chi connectivity index (χ2n) is 9.70. The van der Waals surface area contributed by atoms with Crippen molar-refractivity contribution in [3.05, 3.63) is 59.9 Å².